The number of hydrogen-bond donors (Lipinski definition) is 1. The minimum absolute atomic E-state index is 0.0174. The topological polar surface area (TPSA) is 64.6 Å². The van der Waals surface area contributed by atoms with E-state index in [9.17, 15) is 18.4 Å². The average Bonchev–Trinajstić information content (AvgIpc) is 2.61. The predicted octanol–water partition coefficient (Wildman–Crippen LogP) is 3.95. The lowest BCUT2D eigenvalue weighted by molar-refractivity contribution is -0.146. The number of hydrogen-bond acceptors (Lipinski definition) is 5. The third-order valence-electron chi connectivity index (χ3n) is 3.10. The second-order valence-electron chi connectivity index (χ2n) is 5.13. The summed E-state index contributed by atoms with van der Waals surface area (Å²) < 4.78 is 33.3. The standard InChI is InChI=1S/C18H17F2NO4S/c1-12(26-15-5-3-2-4-6-15)17(23)24-11-16(22)21-13-7-9-14(10-8-13)25-18(19)20/h2-10,12,18H,11H2,1H3,(H,21,22)/t12-/m1/s1. The fraction of sp³-hybridized carbons (Fsp3) is 0.222. The fourth-order valence-corrected chi connectivity index (χ4v) is 2.81. The van der Waals surface area contributed by atoms with E-state index in [0.717, 1.165) is 4.90 Å². The maximum Gasteiger partial charge on any atom is 0.387 e. The average molecular weight is 381 g/mol. The van der Waals surface area contributed by atoms with Gasteiger partial charge in [-0.15, -0.1) is 11.8 Å². The van der Waals surface area contributed by atoms with E-state index < -0.39 is 30.3 Å². The molecule has 0 aliphatic carbocycles. The van der Waals surface area contributed by atoms with Crippen LogP contribution < -0.4 is 10.1 Å². The zero-order valence-electron chi connectivity index (χ0n) is 13.9. The van der Waals surface area contributed by atoms with Crippen molar-refractivity contribution in [1.82, 2.24) is 0 Å². The van der Waals surface area contributed by atoms with Gasteiger partial charge in [-0.1, -0.05) is 18.2 Å². The molecule has 2 aromatic carbocycles. The maximum absolute atomic E-state index is 12.1. The Hall–Kier alpha value is -2.61. The van der Waals surface area contributed by atoms with Crippen LogP contribution in [0.5, 0.6) is 5.75 Å². The molecule has 138 valence electrons. The molecule has 0 spiro atoms. The van der Waals surface area contributed by atoms with Crippen molar-refractivity contribution in [1.29, 1.82) is 0 Å². The molecular weight excluding hydrogens is 364 g/mol. The van der Waals surface area contributed by atoms with Gasteiger partial charge >= 0.3 is 12.6 Å². The Bertz CT molecular complexity index is 726. The molecule has 2 aromatic rings. The number of rotatable bonds is 8. The molecule has 0 aromatic heterocycles. The molecule has 0 saturated heterocycles. The minimum Gasteiger partial charge on any atom is -0.455 e. The summed E-state index contributed by atoms with van der Waals surface area (Å²) in [5.74, 6) is -1.05. The summed E-state index contributed by atoms with van der Waals surface area (Å²) in [7, 11) is 0. The van der Waals surface area contributed by atoms with Crippen LogP contribution in [-0.4, -0.2) is 30.3 Å². The lowest BCUT2D eigenvalue weighted by Gasteiger charge is -2.11. The summed E-state index contributed by atoms with van der Waals surface area (Å²) in [5.41, 5.74) is 0.374. The second-order valence-corrected chi connectivity index (χ2v) is 6.55. The third kappa shape index (κ3) is 6.72. The zero-order valence-corrected chi connectivity index (χ0v) is 14.7. The highest BCUT2D eigenvalue weighted by molar-refractivity contribution is 8.00. The van der Waals surface area contributed by atoms with E-state index in [1.165, 1.54) is 36.0 Å². The van der Waals surface area contributed by atoms with E-state index in [1.807, 2.05) is 30.3 Å². The van der Waals surface area contributed by atoms with Crippen molar-refractivity contribution < 1.29 is 27.8 Å². The Labute approximate surface area is 153 Å². The largest absolute Gasteiger partial charge is 0.455 e. The van der Waals surface area contributed by atoms with E-state index in [0.29, 0.717) is 5.69 Å². The molecule has 0 saturated carbocycles. The number of amides is 1. The van der Waals surface area contributed by atoms with Gasteiger partial charge in [-0.3, -0.25) is 9.59 Å². The van der Waals surface area contributed by atoms with Gasteiger partial charge in [0.25, 0.3) is 5.91 Å². The fourth-order valence-electron chi connectivity index (χ4n) is 1.92. The Morgan fingerprint density at radius 3 is 2.35 bits per heavy atom. The van der Waals surface area contributed by atoms with Crippen molar-refractivity contribution in [3.8, 4) is 5.75 Å². The monoisotopic (exact) mass is 381 g/mol. The van der Waals surface area contributed by atoms with E-state index >= 15 is 0 Å². The van der Waals surface area contributed by atoms with Crippen LogP contribution >= 0.6 is 11.8 Å². The van der Waals surface area contributed by atoms with Crippen LogP contribution in [0.4, 0.5) is 14.5 Å². The van der Waals surface area contributed by atoms with Crippen molar-refractivity contribution in [2.75, 3.05) is 11.9 Å². The molecule has 0 aliphatic rings. The van der Waals surface area contributed by atoms with Gasteiger partial charge in [0.05, 0.1) is 0 Å². The van der Waals surface area contributed by atoms with Crippen molar-refractivity contribution >= 4 is 29.3 Å². The van der Waals surface area contributed by atoms with Gasteiger partial charge in [-0.05, 0) is 43.3 Å². The highest BCUT2D eigenvalue weighted by atomic mass is 32.2. The first kappa shape index (κ1) is 19.7. The second kappa shape index (κ2) is 9.76. The van der Waals surface area contributed by atoms with Gasteiger partial charge in [0.1, 0.15) is 11.0 Å². The Morgan fingerprint density at radius 2 is 1.73 bits per heavy atom. The molecule has 0 aliphatic heterocycles. The number of benzene rings is 2. The number of alkyl halides is 2. The van der Waals surface area contributed by atoms with Gasteiger partial charge in [-0.25, -0.2) is 0 Å². The summed E-state index contributed by atoms with van der Waals surface area (Å²) in [4.78, 5) is 24.7. The number of halogens is 2. The molecule has 2 rings (SSSR count). The SMILES string of the molecule is C[C@@H](Sc1ccccc1)C(=O)OCC(=O)Nc1ccc(OC(F)F)cc1. The van der Waals surface area contributed by atoms with Gasteiger partial charge in [0.2, 0.25) is 0 Å². The highest BCUT2D eigenvalue weighted by Gasteiger charge is 2.17. The van der Waals surface area contributed by atoms with Crippen molar-refractivity contribution in [2.45, 2.75) is 23.7 Å². The first-order chi connectivity index (χ1) is 12.4. The molecule has 5 nitrogen and oxygen atoms in total. The van der Waals surface area contributed by atoms with Gasteiger partial charge in [-0.2, -0.15) is 8.78 Å². The smallest absolute Gasteiger partial charge is 0.387 e. The quantitative estimate of drug-likeness (QED) is 0.554. The summed E-state index contributed by atoms with van der Waals surface area (Å²) >= 11 is 1.33. The van der Waals surface area contributed by atoms with Crippen LogP contribution in [0.15, 0.2) is 59.5 Å². The van der Waals surface area contributed by atoms with E-state index in [-0.39, 0.29) is 5.75 Å². The van der Waals surface area contributed by atoms with E-state index in [1.54, 1.807) is 6.92 Å². The number of esters is 1. The summed E-state index contributed by atoms with van der Waals surface area (Å²) in [6.07, 6.45) is 0. The first-order valence-corrected chi connectivity index (χ1v) is 8.55. The van der Waals surface area contributed by atoms with Crippen LogP contribution in [-0.2, 0) is 14.3 Å². The molecule has 26 heavy (non-hydrogen) atoms. The van der Waals surface area contributed by atoms with Crippen LogP contribution in [0, 0.1) is 0 Å². The van der Waals surface area contributed by atoms with Crippen LogP contribution in [0.1, 0.15) is 6.92 Å². The van der Waals surface area contributed by atoms with Crippen molar-refractivity contribution in [3.05, 3.63) is 54.6 Å². The zero-order chi connectivity index (χ0) is 18.9. The molecule has 1 amide bonds. The summed E-state index contributed by atoms with van der Waals surface area (Å²) in [5, 5.41) is 2.04. The molecule has 0 radical (unpaired) electrons. The van der Waals surface area contributed by atoms with Crippen LogP contribution in [0.2, 0.25) is 0 Å². The van der Waals surface area contributed by atoms with Gasteiger partial charge < -0.3 is 14.8 Å². The van der Waals surface area contributed by atoms with E-state index in [4.69, 9.17) is 4.74 Å². The van der Waals surface area contributed by atoms with Crippen molar-refractivity contribution in [2.24, 2.45) is 0 Å². The number of thioether (sulfide) groups is 1. The Balaban J connectivity index is 1.76. The number of carbonyl (C=O) groups is 2. The minimum atomic E-state index is -2.91. The van der Waals surface area contributed by atoms with Gasteiger partial charge in [0.15, 0.2) is 6.61 Å². The van der Waals surface area contributed by atoms with Crippen molar-refractivity contribution in [3.63, 3.8) is 0 Å². The highest BCUT2D eigenvalue weighted by Crippen LogP contribution is 2.23. The number of anilines is 1. The summed E-state index contributed by atoms with van der Waals surface area (Å²) in [6, 6.07) is 14.8. The number of carbonyl (C=O) groups excluding carboxylic acids is 2. The molecule has 8 heteroatoms. The maximum atomic E-state index is 12.1. The van der Waals surface area contributed by atoms with Gasteiger partial charge in [0, 0.05) is 10.6 Å². The molecule has 0 bridgehead atoms. The molecule has 0 fully saturated rings. The third-order valence-corrected chi connectivity index (χ3v) is 4.19. The predicted molar refractivity (Wildman–Crippen MR) is 94.4 cm³/mol. The summed E-state index contributed by atoms with van der Waals surface area (Å²) in [6.45, 7) is -1.65. The first-order valence-electron chi connectivity index (χ1n) is 7.67. The molecule has 0 heterocycles. The lowest BCUT2D eigenvalue weighted by atomic mass is 10.3. The Kier molecular flexibility index (Phi) is 7.40. The lowest BCUT2D eigenvalue weighted by Crippen LogP contribution is -2.24. The van der Waals surface area contributed by atoms with Crippen LogP contribution in [0.3, 0.4) is 0 Å². The Morgan fingerprint density at radius 1 is 1.08 bits per heavy atom. The molecular formula is C18H17F2NO4S. The number of ether oxygens (including phenoxy) is 2. The molecule has 1 N–H and O–H groups in total. The van der Waals surface area contributed by atoms with Crippen LogP contribution in [0.25, 0.3) is 0 Å². The molecule has 0 unspecified atom stereocenters. The van der Waals surface area contributed by atoms with E-state index in [2.05, 4.69) is 10.1 Å². The molecule has 1 atom stereocenters. The normalized spacial score (nSPS) is 11.7. The number of nitrogens with one attached hydrogen (secondary N) is 1.